The first-order valence-electron chi connectivity index (χ1n) is 6.06. The van der Waals surface area contributed by atoms with E-state index in [0.29, 0.717) is 0 Å². The molecule has 2 rings (SSSR count). The van der Waals surface area contributed by atoms with Crippen molar-refractivity contribution < 1.29 is 22.5 Å². The predicted octanol–water partition coefficient (Wildman–Crippen LogP) is 4.72. The molecule has 0 saturated heterocycles. The van der Waals surface area contributed by atoms with Crippen LogP contribution in [-0.4, -0.2) is 10.0 Å². The maximum atomic E-state index is 13.7. The number of nitro benzene ring substituents is 1. The highest BCUT2D eigenvalue weighted by Gasteiger charge is 2.24. The van der Waals surface area contributed by atoms with Crippen molar-refractivity contribution in [2.45, 2.75) is 0 Å². The molecule has 2 aromatic rings. The van der Waals surface area contributed by atoms with Gasteiger partial charge in [-0.2, -0.15) is 0 Å². The summed E-state index contributed by atoms with van der Waals surface area (Å²) in [7, 11) is 0. The molecule has 0 saturated carbocycles. The number of thiocarbonyl (C=S) groups is 1. The number of hydrogen-bond donors (Lipinski definition) is 2. The Balaban J connectivity index is 2.25. The van der Waals surface area contributed by atoms with Gasteiger partial charge in [-0.1, -0.05) is 6.07 Å². The third-order valence-corrected chi connectivity index (χ3v) is 3.66. The van der Waals surface area contributed by atoms with Crippen molar-refractivity contribution in [3.05, 3.63) is 62.1 Å². The first kappa shape index (κ1) is 18.1. The summed E-state index contributed by atoms with van der Waals surface area (Å²) in [5.74, 6) is -6.61. The lowest BCUT2D eigenvalue weighted by Crippen LogP contribution is -2.21. The highest BCUT2D eigenvalue weighted by molar-refractivity contribution is 9.10. The predicted molar refractivity (Wildman–Crippen MR) is 86.9 cm³/mol. The normalized spacial score (nSPS) is 10.4. The van der Waals surface area contributed by atoms with Crippen LogP contribution >= 0.6 is 28.1 Å². The van der Waals surface area contributed by atoms with Crippen LogP contribution < -0.4 is 10.6 Å². The van der Waals surface area contributed by atoms with Gasteiger partial charge in [0.25, 0.3) is 5.69 Å². The number of halogens is 5. The number of nitrogens with one attached hydrogen (secondary N) is 2. The van der Waals surface area contributed by atoms with Gasteiger partial charge in [-0.25, -0.2) is 17.6 Å². The fourth-order valence-corrected chi connectivity index (χ4v) is 2.26. The molecule has 0 unspecified atom stereocenters. The van der Waals surface area contributed by atoms with Gasteiger partial charge in [-0.15, -0.1) is 0 Å². The maximum Gasteiger partial charge on any atom is 0.271 e. The van der Waals surface area contributed by atoms with Crippen molar-refractivity contribution in [2.75, 3.05) is 10.6 Å². The summed E-state index contributed by atoms with van der Waals surface area (Å²) in [5.41, 5.74) is -1.24. The molecule has 0 aromatic heterocycles. The molecule has 0 heterocycles. The number of anilines is 2. The third kappa shape index (κ3) is 3.62. The van der Waals surface area contributed by atoms with Gasteiger partial charge >= 0.3 is 0 Å². The fraction of sp³-hybridized carbons (Fsp3) is 0. The fourth-order valence-electron chi connectivity index (χ4n) is 1.69. The molecule has 0 fully saturated rings. The second kappa shape index (κ2) is 7.09. The van der Waals surface area contributed by atoms with Gasteiger partial charge in [-0.05, 0) is 34.2 Å². The summed E-state index contributed by atoms with van der Waals surface area (Å²) in [5, 5.41) is 14.7. The van der Waals surface area contributed by atoms with E-state index in [4.69, 9.17) is 12.2 Å². The Morgan fingerprint density at radius 2 is 1.67 bits per heavy atom. The van der Waals surface area contributed by atoms with Crippen LogP contribution in [0.1, 0.15) is 0 Å². The second-order valence-electron chi connectivity index (χ2n) is 4.33. The Hall–Kier alpha value is -2.27. The zero-order valence-electron chi connectivity index (χ0n) is 11.4. The van der Waals surface area contributed by atoms with Crippen LogP contribution in [-0.2, 0) is 0 Å². The van der Waals surface area contributed by atoms with E-state index in [1.807, 2.05) is 5.32 Å². The molecule has 0 aliphatic heterocycles. The lowest BCUT2D eigenvalue weighted by atomic mass is 10.2. The smallest absolute Gasteiger partial charge is 0.271 e. The van der Waals surface area contributed by atoms with E-state index in [0.717, 1.165) is 6.07 Å². The van der Waals surface area contributed by atoms with E-state index in [1.54, 1.807) is 0 Å². The highest BCUT2D eigenvalue weighted by atomic mass is 79.9. The summed E-state index contributed by atoms with van der Waals surface area (Å²) in [6, 6.07) is 5.09. The van der Waals surface area contributed by atoms with Gasteiger partial charge in [0.15, 0.2) is 28.4 Å². The molecule has 0 radical (unpaired) electrons. The van der Waals surface area contributed by atoms with Crippen molar-refractivity contribution in [1.82, 2.24) is 0 Å². The monoisotopic (exact) mass is 423 g/mol. The number of nitro groups is 1. The molecule has 0 aliphatic rings. The van der Waals surface area contributed by atoms with Gasteiger partial charge in [0, 0.05) is 17.8 Å². The van der Waals surface area contributed by atoms with E-state index in [2.05, 4.69) is 21.2 Å². The lowest BCUT2D eigenvalue weighted by molar-refractivity contribution is -0.384. The summed E-state index contributed by atoms with van der Waals surface area (Å²) in [6.45, 7) is 0. The zero-order valence-corrected chi connectivity index (χ0v) is 13.8. The molecule has 126 valence electrons. The molecular weight excluding hydrogens is 418 g/mol. The molecule has 0 aliphatic carbocycles. The Morgan fingerprint density at radius 3 is 2.21 bits per heavy atom. The molecule has 0 spiro atoms. The summed E-state index contributed by atoms with van der Waals surface area (Å²) < 4.78 is 53.3. The first-order chi connectivity index (χ1) is 11.2. The van der Waals surface area contributed by atoms with Crippen molar-refractivity contribution in [3.63, 3.8) is 0 Å². The highest BCUT2D eigenvalue weighted by Crippen LogP contribution is 2.31. The molecular formula is C13H6BrF4N3O2S. The van der Waals surface area contributed by atoms with Gasteiger partial charge in [-0.3, -0.25) is 10.1 Å². The number of benzene rings is 2. The second-order valence-corrected chi connectivity index (χ2v) is 5.53. The van der Waals surface area contributed by atoms with Crippen LogP contribution in [0.4, 0.5) is 34.6 Å². The Morgan fingerprint density at radius 1 is 1.08 bits per heavy atom. The number of hydrogen-bond acceptors (Lipinski definition) is 3. The Labute approximate surface area is 145 Å². The van der Waals surface area contributed by atoms with E-state index in [9.17, 15) is 27.7 Å². The molecule has 0 amide bonds. The van der Waals surface area contributed by atoms with E-state index in [1.165, 1.54) is 18.2 Å². The molecule has 2 aromatic carbocycles. The minimum atomic E-state index is -1.68. The van der Waals surface area contributed by atoms with Crippen molar-refractivity contribution >= 4 is 50.3 Å². The standard InChI is InChI=1S/C13H6BrF4N3O2S/c14-7-8(15)10(17)12(11(18)9(7)16)20-13(24)19-5-2-1-3-6(4-5)21(22)23/h1-4H,(H2,19,20,24). The Bertz CT molecular complexity index is 821. The van der Waals surface area contributed by atoms with E-state index < -0.39 is 43.5 Å². The van der Waals surface area contributed by atoms with E-state index in [-0.39, 0.29) is 11.4 Å². The van der Waals surface area contributed by atoms with Crippen LogP contribution in [0.25, 0.3) is 0 Å². The molecule has 11 heteroatoms. The van der Waals surface area contributed by atoms with Crippen LogP contribution in [0.2, 0.25) is 0 Å². The summed E-state index contributed by atoms with van der Waals surface area (Å²) in [6.07, 6.45) is 0. The zero-order chi connectivity index (χ0) is 18.0. The summed E-state index contributed by atoms with van der Waals surface area (Å²) in [4.78, 5) is 10.0. The van der Waals surface area contributed by atoms with Gasteiger partial charge < -0.3 is 10.6 Å². The lowest BCUT2D eigenvalue weighted by Gasteiger charge is -2.13. The number of non-ortho nitro benzene ring substituents is 1. The molecule has 5 nitrogen and oxygen atoms in total. The minimum Gasteiger partial charge on any atom is -0.332 e. The molecule has 0 atom stereocenters. The van der Waals surface area contributed by atoms with Crippen molar-refractivity contribution in [2.24, 2.45) is 0 Å². The Kier molecular flexibility index (Phi) is 5.34. The van der Waals surface area contributed by atoms with Crippen molar-refractivity contribution in [3.8, 4) is 0 Å². The molecule has 2 N–H and O–H groups in total. The number of nitrogens with zero attached hydrogens (tertiary/aromatic N) is 1. The maximum absolute atomic E-state index is 13.7. The first-order valence-corrected chi connectivity index (χ1v) is 7.26. The number of rotatable bonds is 3. The van der Waals surface area contributed by atoms with Crippen LogP contribution in [0.5, 0.6) is 0 Å². The largest absolute Gasteiger partial charge is 0.332 e. The molecule has 0 bridgehead atoms. The topological polar surface area (TPSA) is 67.2 Å². The van der Waals surface area contributed by atoms with Gasteiger partial charge in [0.2, 0.25) is 0 Å². The van der Waals surface area contributed by atoms with Crippen LogP contribution in [0, 0.1) is 33.4 Å². The van der Waals surface area contributed by atoms with Crippen molar-refractivity contribution in [1.29, 1.82) is 0 Å². The minimum absolute atomic E-state index is 0.139. The molecule has 24 heavy (non-hydrogen) atoms. The summed E-state index contributed by atoms with van der Waals surface area (Å²) >= 11 is 7.17. The van der Waals surface area contributed by atoms with E-state index >= 15 is 0 Å². The average Bonchev–Trinajstić information content (AvgIpc) is 2.55. The van der Waals surface area contributed by atoms with Crippen LogP contribution in [0.15, 0.2) is 28.7 Å². The average molecular weight is 424 g/mol. The van der Waals surface area contributed by atoms with Gasteiger partial charge in [0.1, 0.15) is 5.69 Å². The third-order valence-electron chi connectivity index (χ3n) is 2.76. The van der Waals surface area contributed by atoms with Crippen LogP contribution in [0.3, 0.4) is 0 Å². The quantitative estimate of drug-likeness (QED) is 0.186. The van der Waals surface area contributed by atoms with Gasteiger partial charge in [0.05, 0.1) is 9.40 Å². The SMILES string of the molecule is O=[N+]([O-])c1cccc(NC(=S)Nc2c(F)c(F)c(Br)c(F)c2F)c1.